The van der Waals surface area contributed by atoms with Crippen LogP contribution < -0.4 is 10.6 Å². The van der Waals surface area contributed by atoms with Crippen molar-refractivity contribution in [3.8, 4) is 0 Å². The van der Waals surface area contributed by atoms with Gasteiger partial charge in [0.05, 0.1) is 0 Å². The van der Waals surface area contributed by atoms with Crippen molar-refractivity contribution in [3.05, 3.63) is 76.9 Å². The minimum Gasteiger partial charge on any atom is -0.354 e. The first kappa shape index (κ1) is 20.5. The van der Waals surface area contributed by atoms with Crippen LogP contribution in [0.5, 0.6) is 0 Å². The van der Waals surface area contributed by atoms with E-state index in [1.807, 2.05) is 0 Å². The molecule has 4 rings (SSSR count). The lowest BCUT2D eigenvalue weighted by molar-refractivity contribution is 0.0910. The Labute approximate surface area is 180 Å². The first-order valence-corrected chi connectivity index (χ1v) is 10.1. The number of hydrogen-bond acceptors (Lipinski definition) is 4. The fraction of sp³-hybridized carbons (Fsp3) is 0.250. The molecule has 3 aromatic rings. The first-order chi connectivity index (χ1) is 14.7. The Bertz CT molecular complexity index is 1180. The number of pyridine rings is 1. The van der Waals surface area contributed by atoms with Gasteiger partial charge in [0.15, 0.2) is 5.78 Å². The Balaban J connectivity index is 1.52. The maximum atomic E-state index is 12.9. The van der Waals surface area contributed by atoms with Gasteiger partial charge in [-0.25, -0.2) is 0 Å². The average Bonchev–Trinajstić information content (AvgIpc) is 3.04. The lowest BCUT2D eigenvalue weighted by Gasteiger charge is -2.28. The molecule has 0 spiro atoms. The molecule has 0 fully saturated rings. The summed E-state index contributed by atoms with van der Waals surface area (Å²) in [5.74, 6) is -0.519. The molecule has 2 heterocycles. The van der Waals surface area contributed by atoms with Gasteiger partial charge in [-0.2, -0.15) is 0 Å². The van der Waals surface area contributed by atoms with E-state index in [1.54, 1.807) is 55.7 Å². The molecule has 3 N–H and O–H groups in total. The van der Waals surface area contributed by atoms with Crippen LogP contribution in [-0.2, 0) is 6.42 Å². The van der Waals surface area contributed by atoms with Crippen LogP contribution in [0.2, 0.25) is 0 Å². The minimum absolute atomic E-state index is 0.0693. The molecule has 2 aromatic heterocycles. The number of anilines is 2. The highest BCUT2D eigenvalue weighted by molar-refractivity contribution is 6.09. The summed E-state index contributed by atoms with van der Waals surface area (Å²) < 4.78 is 0. The summed E-state index contributed by atoms with van der Waals surface area (Å²) in [6.45, 7) is 5.90. The van der Waals surface area contributed by atoms with Gasteiger partial charge in [-0.3, -0.25) is 19.4 Å². The van der Waals surface area contributed by atoms with Gasteiger partial charge in [0.1, 0.15) is 5.69 Å². The van der Waals surface area contributed by atoms with Crippen molar-refractivity contribution in [2.75, 3.05) is 10.6 Å². The van der Waals surface area contributed by atoms with Crippen molar-refractivity contribution in [3.63, 3.8) is 0 Å². The number of fused-ring (bicyclic) bond motifs is 1. The van der Waals surface area contributed by atoms with Crippen molar-refractivity contribution in [1.29, 1.82) is 0 Å². The highest BCUT2D eigenvalue weighted by Gasteiger charge is 2.35. The molecule has 31 heavy (non-hydrogen) atoms. The highest BCUT2D eigenvalue weighted by atomic mass is 16.2. The standard InChI is InChI=1S/C24H24N4O3/c1-14-20-18(12-24(2,3)13-19(20)29)28-21(14)23(31)27-17-6-4-5-16(11-17)26-22(30)15-7-9-25-10-8-15/h4-11,28H,12-13H2,1-3H3,(H,26,30)(H,27,31). The second-order valence-electron chi connectivity index (χ2n) is 8.64. The van der Waals surface area contributed by atoms with Crippen LogP contribution in [-0.4, -0.2) is 27.6 Å². The van der Waals surface area contributed by atoms with Gasteiger partial charge in [0, 0.05) is 47.0 Å². The topological polar surface area (TPSA) is 104 Å². The molecule has 0 radical (unpaired) electrons. The first-order valence-electron chi connectivity index (χ1n) is 10.1. The van der Waals surface area contributed by atoms with Crippen LogP contribution in [0.4, 0.5) is 11.4 Å². The summed E-state index contributed by atoms with van der Waals surface area (Å²) in [5, 5.41) is 5.66. The average molecular weight is 416 g/mol. The van der Waals surface area contributed by atoms with Crippen molar-refractivity contribution in [2.24, 2.45) is 5.41 Å². The van der Waals surface area contributed by atoms with Crippen molar-refractivity contribution < 1.29 is 14.4 Å². The van der Waals surface area contributed by atoms with Gasteiger partial charge in [0.2, 0.25) is 0 Å². The molecule has 1 aromatic carbocycles. The Morgan fingerprint density at radius 2 is 1.65 bits per heavy atom. The number of nitrogens with one attached hydrogen (secondary N) is 3. The molecule has 0 aliphatic heterocycles. The lowest BCUT2D eigenvalue weighted by Crippen LogP contribution is -2.26. The SMILES string of the molecule is Cc1c(C(=O)Nc2cccc(NC(=O)c3ccncc3)c2)[nH]c2c1C(=O)CC(C)(C)C2. The molecule has 1 aliphatic rings. The smallest absolute Gasteiger partial charge is 0.272 e. The number of ketones is 1. The van der Waals surface area contributed by atoms with Crippen LogP contribution in [0, 0.1) is 12.3 Å². The molecule has 158 valence electrons. The molecular formula is C24H24N4O3. The number of carbonyl (C=O) groups excluding carboxylic acids is 3. The third-order valence-electron chi connectivity index (χ3n) is 5.45. The quantitative estimate of drug-likeness (QED) is 0.587. The summed E-state index contributed by atoms with van der Waals surface area (Å²) in [4.78, 5) is 44.9. The number of H-pyrrole nitrogens is 1. The van der Waals surface area contributed by atoms with Crippen molar-refractivity contribution in [2.45, 2.75) is 33.6 Å². The predicted octanol–water partition coefficient (Wildman–Crippen LogP) is 4.38. The van der Waals surface area contributed by atoms with E-state index in [4.69, 9.17) is 0 Å². The maximum absolute atomic E-state index is 12.9. The molecule has 0 bridgehead atoms. The molecule has 0 saturated heterocycles. The zero-order valence-corrected chi connectivity index (χ0v) is 17.7. The zero-order chi connectivity index (χ0) is 22.2. The summed E-state index contributed by atoms with van der Waals surface area (Å²) in [6.07, 6.45) is 4.29. The van der Waals surface area contributed by atoms with Gasteiger partial charge in [-0.15, -0.1) is 0 Å². The number of amides is 2. The van der Waals surface area contributed by atoms with Gasteiger partial charge >= 0.3 is 0 Å². The summed E-state index contributed by atoms with van der Waals surface area (Å²) >= 11 is 0. The predicted molar refractivity (Wildman–Crippen MR) is 119 cm³/mol. The molecular weight excluding hydrogens is 392 g/mol. The van der Waals surface area contributed by atoms with Crippen molar-refractivity contribution in [1.82, 2.24) is 9.97 Å². The number of nitrogens with zero attached hydrogens (tertiary/aromatic N) is 1. The van der Waals surface area contributed by atoms with E-state index < -0.39 is 0 Å². The van der Waals surface area contributed by atoms with E-state index in [9.17, 15) is 14.4 Å². The van der Waals surface area contributed by atoms with Gasteiger partial charge in [-0.05, 0) is 54.7 Å². The number of rotatable bonds is 4. The Morgan fingerprint density at radius 3 is 2.32 bits per heavy atom. The molecule has 7 nitrogen and oxygen atoms in total. The highest BCUT2D eigenvalue weighted by Crippen LogP contribution is 2.36. The van der Waals surface area contributed by atoms with E-state index in [-0.39, 0.29) is 23.0 Å². The molecule has 7 heteroatoms. The number of benzene rings is 1. The Kier molecular flexibility index (Phi) is 5.19. The van der Waals surface area contributed by atoms with Crippen molar-refractivity contribution >= 4 is 29.0 Å². The fourth-order valence-corrected chi connectivity index (χ4v) is 4.03. The number of aromatic amines is 1. The van der Waals surface area contributed by atoms with Crippen LogP contribution in [0.15, 0.2) is 48.8 Å². The number of aromatic nitrogens is 2. The molecule has 2 amide bonds. The van der Waals surface area contributed by atoms with Crippen LogP contribution >= 0.6 is 0 Å². The van der Waals surface area contributed by atoms with Crippen LogP contribution in [0.1, 0.15) is 62.7 Å². The normalized spacial score (nSPS) is 14.6. The maximum Gasteiger partial charge on any atom is 0.272 e. The summed E-state index contributed by atoms with van der Waals surface area (Å²) in [6, 6.07) is 10.2. The molecule has 0 saturated carbocycles. The molecule has 1 aliphatic carbocycles. The van der Waals surface area contributed by atoms with E-state index in [0.717, 1.165) is 12.1 Å². The van der Waals surface area contributed by atoms with E-state index >= 15 is 0 Å². The number of hydrogen-bond donors (Lipinski definition) is 3. The second-order valence-corrected chi connectivity index (χ2v) is 8.64. The van der Waals surface area contributed by atoms with Crippen LogP contribution in [0.25, 0.3) is 0 Å². The van der Waals surface area contributed by atoms with Gasteiger partial charge in [0.25, 0.3) is 11.8 Å². The number of Topliss-reactive ketones (excluding diaryl/α,β-unsaturated/α-hetero) is 1. The van der Waals surface area contributed by atoms with E-state index in [1.165, 1.54) is 0 Å². The van der Waals surface area contributed by atoms with Gasteiger partial charge < -0.3 is 15.6 Å². The second kappa shape index (κ2) is 7.83. The monoisotopic (exact) mass is 416 g/mol. The summed E-state index contributed by atoms with van der Waals surface area (Å²) in [7, 11) is 0. The third-order valence-corrected chi connectivity index (χ3v) is 5.45. The van der Waals surface area contributed by atoms with E-state index in [0.29, 0.717) is 40.2 Å². The Morgan fingerprint density at radius 1 is 1.00 bits per heavy atom. The van der Waals surface area contributed by atoms with Gasteiger partial charge in [-0.1, -0.05) is 19.9 Å². The fourth-order valence-electron chi connectivity index (χ4n) is 4.03. The van der Waals surface area contributed by atoms with E-state index in [2.05, 4.69) is 34.4 Å². The van der Waals surface area contributed by atoms with Crippen LogP contribution in [0.3, 0.4) is 0 Å². The number of carbonyl (C=O) groups is 3. The molecule has 0 atom stereocenters. The zero-order valence-electron chi connectivity index (χ0n) is 17.7. The lowest BCUT2D eigenvalue weighted by atomic mass is 9.75. The summed E-state index contributed by atoms with van der Waals surface area (Å²) in [5.41, 5.74) is 3.98. The Hall–Kier alpha value is -3.74. The largest absolute Gasteiger partial charge is 0.354 e. The minimum atomic E-state index is -0.324. The third kappa shape index (κ3) is 4.26. The molecule has 0 unspecified atom stereocenters.